The molecule has 0 radical (unpaired) electrons. The zero-order chi connectivity index (χ0) is 10.0. The summed E-state index contributed by atoms with van der Waals surface area (Å²) in [4.78, 5) is 11.5. The Labute approximate surface area is 90.5 Å². The van der Waals surface area contributed by atoms with Crippen molar-refractivity contribution in [3.05, 3.63) is 45.4 Å². The minimum Gasteiger partial charge on any atom is -0.289 e. The van der Waals surface area contributed by atoms with Crippen LogP contribution >= 0.6 is 27.5 Å². The third-order valence-electron chi connectivity index (χ3n) is 1.51. The molecule has 0 saturated heterocycles. The Bertz CT molecular complexity index is 351. The Hall–Kier alpha value is -0.600. The molecule has 0 aliphatic carbocycles. The van der Waals surface area contributed by atoms with E-state index in [0.29, 0.717) is 16.2 Å². The Kier molecular flexibility index (Phi) is 3.28. The van der Waals surface area contributed by atoms with Gasteiger partial charge in [0, 0.05) is 15.1 Å². The number of carbonyl (C=O) groups excluding carboxylic acids is 1. The topological polar surface area (TPSA) is 17.1 Å². The molecule has 13 heavy (non-hydrogen) atoms. The highest BCUT2D eigenvalue weighted by Crippen LogP contribution is 2.21. The predicted octanol–water partition coefficient (Wildman–Crippen LogP) is 3.86. The van der Waals surface area contributed by atoms with E-state index >= 15 is 0 Å². The molecule has 0 fully saturated rings. The molecule has 0 spiro atoms. The molecule has 3 heteroatoms. The van der Waals surface area contributed by atoms with Gasteiger partial charge < -0.3 is 0 Å². The number of benzene rings is 1. The Morgan fingerprint density at radius 1 is 1.46 bits per heavy atom. The molecule has 68 valence electrons. The first-order valence-corrected chi connectivity index (χ1v) is 4.84. The average molecular weight is 260 g/mol. The first-order valence-electron chi connectivity index (χ1n) is 3.67. The fourth-order valence-corrected chi connectivity index (χ4v) is 1.79. The van der Waals surface area contributed by atoms with Crippen LogP contribution in [0.2, 0.25) is 5.02 Å². The van der Waals surface area contributed by atoms with E-state index in [1.54, 1.807) is 25.1 Å². The molecule has 0 atom stereocenters. The zero-order valence-corrected chi connectivity index (χ0v) is 9.45. The molecular weight excluding hydrogens is 251 g/mol. The SMILES string of the molecule is C=C(C)C(=O)c1cc(Cl)cc(Br)c1. The minimum atomic E-state index is -0.0804. The Morgan fingerprint density at radius 3 is 2.54 bits per heavy atom. The van der Waals surface area contributed by atoms with Crippen LogP contribution in [-0.2, 0) is 0 Å². The van der Waals surface area contributed by atoms with Crippen LogP contribution in [0, 0.1) is 0 Å². The summed E-state index contributed by atoms with van der Waals surface area (Å²) < 4.78 is 0.796. The lowest BCUT2D eigenvalue weighted by molar-refractivity contribution is 0.103. The number of ketones is 1. The lowest BCUT2D eigenvalue weighted by Crippen LogP contribution is -1.99. The van der Waals surface area contributed by atoms with E-state index < -0.39 is 0 Å². The highest BCUT2D eigenvalue weighted by Gasteiger charge is 2.07. The van der Waals surface area contributed by atoms with Crippen molar-refractivity contribution in [1.29, 1.82) is 0 Å². The molecule has 0 aliphatic rings. The molecule has 0 heterocycles. The van der Waals surface area contributed by atoms with Crippen LogP contribution in [0.25, 0.3) is 0 Å². The smallest absolute Gasteiger partial charge is 0.188 e. The number of carbonyl (C=O) groups is 1. The van der Waals surface area contributed by atoms with Crippen molar-refractivity contribution in [3.8, 4) is 0 Å². The molecule has 0 saturated carbocycles. The van der Waals surface area contributed by atoms with Gasteiger partial charge in [0.25, 0.3) is 0 Å². The number of hydrogen-bond donors (Lipinski definition) is 0. The van der Waals surface area contributed by atoms with Gasteiger partial charge in [0.2, 0.25) is 0 Å². The van der Waals surface area contributed by atoms with Crippen molar-refractivity contribution in [2.75, 3.05) is 0 Å². The summed E-state index contributed by atoms with van der Waals surface area (Å²) >= 11 is 9.05. The maximum Gasteiger partial charge on any atom is 0.188 e. The Balaban J connectivity index is 3.15. The lowest BCUT2D eigenvalue weighted by Gasteiger charge is -2.01. The van der Waals surface area contributed by atoms with Crippen LogP contribution in [0.5, 0.6) is 0 Å². The fraction of sp³-hybridized carbons (Fsp3) is 0.100. The molecule has 0 aromatic heterocycles. The van der Waals surface area contributed by atoms with Crippen molar-refractivity contribution in [3.63, 3.8) is 0 Å². The zero-order valence-electron chi connectivity index (χ0n) is 7.10. The van der Waals surface area contributed by atoms with Gasteiger partial charge in [-0.3, -0.25) is 4.79 Å². The summed E-state index contributed by atoms with van der Waals surface area (Å²) in [6, 6.07) is 5.09. The molecule has 1 rings (SSSR count). The van der Waals surface area contributed by atoms with Gasteiger partial charge in [-0.15, -0.1) is 0 Å². The number of rotatable bonds is 2. The van der Waals surface area contributed by atoms with Gasteiger partial charge in [-0.1, -0.05) is 34.1 Å². The number of halogens is 2. The van der Waals surface area contributed by atoms with Crippen molar-refractivity contribution < 1.29 is 4.79 Å². The summed E-state index contributed by atoms with van der Waals surface area (Å²) in [5.41, 5.74) is 1.07. The maximum absolute atomic E-state index is 11.5. The summed E-state index contributed by atoms with van der Waals surface area (Å²) in [7, 11) is 0. The van der Waals surface area contributed by atoms with E-state index in [2.05, 4.69) is 22.5 Å². The van der Waals surface area contributed by atoms with Crippen LogP contribution in [0.4, 0.5) is 0 Å². The number of hydrogen-bond acceptors (Lipinski definition) is 1. The third kappa shape index (κ3) is 2.68. The standard InChI is InChI=1S/C10H8BrClO/c1-6(2)10(13)7-3-8(11)5-9(12)4-7/h3-5H,1H2,2H3. The van der Waals surface area contributed by atoms with Gasteiger partial charge in [-0.2, -0.15) is 0 Å². The second-order valence-corrected chi connectivity index (χ2v) is 4.12. The first-order chi connectivity index (χ1) is 6.00. The maximum atomic E-state index is 11.5. The van der Waals surface area contributed by atoms with Crippen LogP contribution in [0.3, 0.4) is 0 Å². The summed E-state index contributed by atoms with van der Waals surface area (Å²) in [5.74, 6) is -0.0804. The number of allylic oxidation sites excluding steroid dienone is 1. The molecule has 1 aromatic carbocycles. The van der Waals surface area contributed by atoms with Gasteiger partial charge in [-0.25, -0.2) is 0 Å². The highest BCUT2D eigenvalue weighted by atomic mass is 79.9. The van der Waals surface area contributed by atoms with Crippen molar-refractivity contribution in [2.24, 2.45) is 0 Å². The van der Waals surface area contributed by atoms with Gasteiger partial charge in [0.05, 0.1) is 0 Å². The normalized spacial score (nSPS) is 9.77. The van der Waals surface area contributed by atoms with Crippen molar-refractivity contribution >= 4 is 33.3 Å². The minimum absolute atomic E-state index is 0.0804. The largest absolute Gasteiger partial charge is 0.289 e. The van der Waals surface area contributed by atoms with Crippen molar-refractivity contribution in [2.45, 2.75) is 6.92 Å². The van der Waals surface area contributed by atoms with E-state index in [4.69, 9.17) is 11.6 Å². The molecule has 1 aromatic rings. The van der Waals surface area contributed by atoms with E-state index in [0.717, 1.165) is 4.47 Å². The van der Waals surface area contributed by atoms with Crippen LogP contribution < -0.4 is 0 Å². The predicted molar refractivity (Wildman–Crippen MR) is 58.3 cm³/mol. The second-order valence-electron chi connectivity index (χ2n) is 2.77. The summed E-state index contributed by atoms with van der Waals surface area (Å²) in [6.45, 7) is 5.26. The van der Waals surface area contributed by atoms with E-state index in [9.17, 15) is 4.79 Å². The van der Waals surface area contributed by atoms with Gasteiger partial charge >= 0.3 is 0 Å². The van der Waals surface area contributed by atoms with Crippen LogP contribution in [0.15, 0.2) is 34.8 Å². The fourth-order valence-electron chi connectivity index (χ4n) is 0.931. The molecular formula is C10H8BrClO. The lowest BCUT2D eigenvalue weighted by atomic mass is 10.1. The molecule has 0 N–H and O–H groups in total. The van der Waals surface area contributed by atoms with Crippen LogP contribution in [-0.4, -0.2) is 5.78 Å². The highest BCUT2D eigenvalue weighted by molar-refractivity contribution is 9.10. The van der Waals surface area contributed by atoms with Crippen molar-refractivity contribution in [1.82, 2.24) is 0 Å². The van der Waals surface area contributed by atoms with Gasteiger partial charge in [-0.05, 0) is 30.7 Å². The van der Waals surface area contributed by atoms with Crippen LogP contribution in [0.1, 0.15) is 17.3 Å². The third-order valence-corrected chi connectivity index (χ3v) is 2.19. The van der Waals surface area contributed by atoms with E-state index in [1.807, 2.05) is 0 Å². The Morgan fingerprint density at radius 2 is 2.08 bits per heavy atom. The molecule has 0 aliphatic heterocycles. The van der Waals surface area contributed by atoms with E-state index in [-0.39, 0.29) is 5.78 Å². The quantitative estimate of drug-likeness (QED) is 0.582. The summed E-state index contributed by atoms with van der Waals surface area (Å²) in [6.07, 6.45) is 0. The first kappa shape index (κ1) is 10.5. The van der Waals surface area contributed by atoms with E-state index in [1.165, 1.54) is 0 Å². The monoisotopic (exact) mass is 258 g/mol. The number of Topliss-reactive ketones (excluding diaryl/α,β-unsaturated/α-hetero) is 1. The summed E-state index contributed by atoms with van der Waals surface area (Å²) in [5, 5.41) is 0.541. The average Bonchev–Trinajstić information content (AvgIpc) is 2.01. The second kappa shape index (κ2) is 4.07. The molecule has 1 nitrogen and oxygen atoms in total. The molecule has 0 bridgehead atoms. The molecule has 0 amide bonds. The van der Waals surface area contributed by atoms with Gasteiger partial charge in [0.15, 0.2) is 5.78 Å². The van der Waals surface area contributed by atoms with Gasteiger partial charge in [0.1, 0.15) is 0 Å². The molecule has 0 unspecified atom stereocenters.